The van der Waals surface area contributed by atoms with Gasteiger partial charge in [0.2, 0.25) is 5.95 Å². The van der Waals surface area contributed by atoms with Gasteiger partial charge < -0.3 is 9.80 Å². The molecule has 0 bridgehead atoms. The highest BCUT2D eigenvalue weighted by molar-refractivity contribution is 8.93. The summed E-state index contributed by atoms with van der Waals surface area (Å²) in [6.07, 6.45) is 1.88. The molecule has 1 aliphatic heterocycles. The van der Waals surface area contributed by atoms with E-state index in [1.807, 2.05) is 12.3 Å². The van der Waals surface area contributed by atoms with E-state index in [9.17, 15) is 0 Å². The molecule has 0 spiro atoms. The molecule has 0 aromatic carbocycles. The Morgan fingerprint density at radius 3 is 2.50 bits per heavy atom. The number of aromatic nitrogens is 2. The normalized spacial score (nSPS) is 15.3. The van der Waals surface area contributed by atoms with Gasteiger partial charge in [-0.3, -0.25) is 0 Å². The lowest BCUT2D eigenvalue weighted by molar-refractivity contribution is 0.311. The summed E-state index contributed by atoms with van der Waals surface area (Å²) < 4.78 is 0. The van der Waals surface area contributed by atoms with Gasteiger partial charge in [0.15, 0.2) is 0 Å². The van der Waals surface area contributed by atoms with Crippen molar-refractivity contribution in [3.8, 4) is 20.3 Å². The maximum absolute atomic E-state index is 4.80. The Balaban J connectivity index is 0.00000169. The number of thiophene rings is 2. The van der Waals surface area contributed by atoms with E-state index >= 15 is 0 Å². The lowest BCUT2D eigenvalue weighted by Gasteiger charge is -2.32. The van der Waals surface area contributed by atoms with Crippen molar-refractivity contribution in [1.29, 1.82) is 0 Å². The van der Waals surface area contributed by atoms with Crippen LogP contribution in [-0.2, 0) is 0 Å². The minimum Gasteiger partial charge on any atom is -0.338 e. The van der Waals surface area contributed by atoms with Crippen LogP contribution in [0.3, 0.4) is 0 Å². The minimum absolute atomic E-state index is 0. The third-order valence-electron chi connectivity index (χ3n) is 4.05. The molecule has 24 heavy (non-hydrogen) atoms. The number of nitrogens with zero attached hydrogens (tertiary/aromatic N) is 4. The summed E-state index contributed by atoms with van der Waals surface area (Å²) in [5.74, 6) is 0.849. The van der Waals surface area contributed by atoms with E-state index in [4.69, 9.17) is 4.98 Å². The maximum atomic E-state index is 4.80. The van der Waals surface area contributed by atoms with Crippen molar-refractivity contribution in [2.45, 2.75) is 0 Å². The first-order valence-electron chi connectivity index (χ1n) is 7.70. The molecule has 1 saturated heterocycles. The van der Waals surface area contributed by atoms with Gasteiger partial charge in [-0.15, -0.1) is 39.7 Å². The lowest BCUT2D eigenvalue weighted by Crippen LogP contribution is -2.45. The van der Waals surface area contributed by atoms with Gasteiger partial charge in [-0.05, 0) is 36.7 Å². The van der Waals surface area contributed by atoms with Crippen molar-refractivity contribution in [2.75, 3.05) is 38.1 Å². The number of anilines is 1. The second-order valence-corrected chi connectivity index (χ2v) is 7.70. The Bertz CT molecular complexity index is 780. The highest BCUT2D eigenvalue weighted by Gasteiger charge is 2.17. The summed E-state index contributed by atoms with van der Waals surface area (Å²) in [5.41, 5.74) is 1.02. The van der Waals surface area contributed by atoms with Gasteiger partial charge in [0.25, 0.3) is 0 Å². The van der Waals surface area contributed by atoms with E-state index in [-0.39, 0.29) is 17.0 Å². The monoisotopic (exact) mass is 422 g/mol. The first-order valence-corrected chi connectivity index (χ1v) is 9.40. The fourth-order valence-electron chi connectivity index (χ4n) is 2.67. The summed E-state index contributed by atoms with van der Waals surface area (Å²) >= 11 is 3.57. The van der Waals surface area contributed by atoms with Gasteiger partial charge in [-0.25, -0.2) is 9.97 Å². The van der Waals surface area contributed by atoms with Crippen LogP contribution in [0.5, 0.6) is 0 Å². The molecule has 0 unspecified atom stereocenters. The number of likely N-dealkylation sites (N-methyl/N-ethyl adjacent to an activating group) is 1. The van der Waals surface area contributed by atoms with Crippen LogP contribution in [0.4, 0.5) is 5.95 Å². The van der Waals surface area contributed by atoms with Crippen LogP contribution in [0, 0.1) is 0 Å². The Labute approximate surface area is 160 Å². The van der Waals surface area contributed by atoms with Crippen molar-refractivity contribution in [2.24, 2.45) is 0 Å². The molecule has 3 aromatic heterocycles. The molecular formula is C17H19BrN4S2. The van der Waals surface area contributed by atoms with Crippen molar-refractivity contribution in [3.63, 3.8) is 0 Å². The smallest absolute Gasteiger partial charge is 0.225 e. The van der Waals surface area contributed by atoms with Gasteiger partial charge in [0.05, 0.1) is 10.6 Å². The van der Waals surface area contributed by atoms with Crippen molar-refractivity contribution < 1.29 is 0 Å². The number of rotatable bonds is 3. The molecule has 1 aliphatic rings. The molecule has 0 saturated carbocycles. The molecular weight excluding hydrogens is 404 g/mol. The van der Waals surface area contributed by atoms with E-state index in [2.05, 4.69) is 51.5 Å². The molecule has 1 fully saturated rings. The molecule has 4 nitrogen and oxygen atoms in total. The van der Waals surface area contributed by atoms with Crippen molar-refractivity contribution >= 4 is 45.6 Å². The van der Waals surface area contributed by atoms with Crippen molar-refractivity contribution in [3.05, 3.63) is 41.9 Å². The standard InChI is InChI=1S/C17H18N4S2.BrH/c1-20-8-10-21(11-9-20)17-18-7-6-13(19-17)14-4-5-16(23-14)15-3-2-12-22-15;/h2-7,12H,8-11H2,1H3;1H. The average molecular weight is 423 g/mol. The van der Waals surface area contributed by atoms with Crippen molar-refractivity contribution in [1.82, 2.24) is 14.9 Å². The Morgan fingerprint density at radius 1 is 0.958 bits per heavy atom. The molecule has 7 heteroatoms. The highest BCUT2D eigenvalue weighted by atomic mass is 79.9. The minimum atomic E-state index is 0. The van der Waals surface area contributed by atoms with Gasteiger partial charge >= 0.3 is 0 Å². The van der Waals surface area contributed by atoms with Crippen LogP contribution in [0.2, 0.25) is 0 Å². The first kappa shape index (κ1) is 17.5. The summed E-state index contributed by atoms with van der Waals surface area (Å²) in [4.78, 5) is 17.7. The van der Waals surface area contributed by atoms with E-state index < -0.39 is 0 Å². The summed E-state index contributed by atoms with van der Waals surface area (Å²) in [7, 11) is 2.16. The number of hydrogen-bond donors (Lipinski definition) is 0. The highest BCUT2D eigenvalue weighted by Crippen LogP contribution is 2.36. The molecule has 0 N–H and O–H groups in total. The summed E-state index contributed by atoms with van der Waals surface area (Å²) in [5, 5.41) is 2.12. The lowest BCUT2D eigenvalue weighted by atomic mass is 10.3. The number of hydrogen-bond acceptors (Lipinski definition) is 6. The van der Waals surface area contributed by atoms with Crippen LogP contribution in [0.1, 0.15) is 0 Å². The summed E-state index contributed by atoms with van der Waals surface area (Å²) in [6.45, 7) is 4.11. The van der Waals surface area contributed by atoms with Crippen LogP contribution in [-0.4, -0.2) is 48.1 Å². The second kappa shape index (κ2) is 7.74. The quantitative estimate of drug-likeness (QED) is 0.630. The third kappa shape index (κ3) is 3.69. The Morgan fingerprint density at radius 2 is 1.75 bits per heavy atom. The van der Waals surface area contributed by atoms with Gasteiger partial charge in [0.1, 0.15) is 0 Å². The molecule has 0 aliphatic carbocycles. The zero-order valence-electron chi connectivity index (χ0n) is 13.4. The number of piperazine rings is 1. The molecule has 3 aromatic rings. The fourth-order valence-corrected chi connectivity index (χ4v) is 4.48. The largest absolute Gasteiger partial charge is 0.338 e. The summed E-state index contributed by atoms with van der Waals surface area (Å²) in [6, 6.07) is 10.6. The topological polar surface area (TPSA) is 32.3 Å². The SMILES string of the molecule is Br.CN1CCN(c2nccc(-c3ccc(-c4cccs4)s3)n2)CC1. The molecule has 126 valence electrons. The predicted octanol–water partition coefficient (Wildman–Crippen LogP) is 4.26. The van der Waals surface area contributed by atoms with Gasteiger partial charge in [-0.1, -0.05) is 6.07 Å². The fraction of sp³-hybridized carbons (Fsp3) is 0.294. The Kier molecular flexibility index (Phi) is 5.65. The van der Waals surface area contributed by atoms with Gasteiger partial charge in [0, 0.05) is 42.1 Å². The zero-order chi connectivity index (χ0) is 15.6. The van der Waals surface area contributed by atoms with E-state index in [0.29, 0.717) is 0 Å². The molecule has 4 heterocycles. The first-order chi connectivity index (χ1) is 11.3. The maximum Gasteiger partial charge on any atom is 0.225 e. The third-order valence-corrected chi connectivity index (χ3v) is 6.22. The number of halogens is 1. The van der Waals surface area contributed by atoms with Crippen LogP contribution in [0.15, 0.2) is 41.9 Å². The molecule has 4 rings (SSSR count). The molecule has 0 radical (unpaired) electrons. The Hall–Kier alpha value is -1.28. The van der Waals surface area contributed by atoms with E-state index in [1.165, 1.54) is 14.6 Å². The van der Waals surface area contributed by atoms with E-state index in [0.717, 1.165) is 37.8 Å². The van der Waals surface area contributed by atoms with Crippen LogP contribution in [0.25, 0.3) is 20.3 Å². The second-order valence-electron chi connectivity index (χ2n) is 5.67. The van der Waals surface area contributed by atoms with Crippen LogP contribution >= 0.6 is 39.7 Å². The van der Waals surface area contributed by atoms with E-state index in [1.54, 1.807) is 22.7 Å². The zero-order valence-corrected chi connectivity index (χ0v) is 16.7. The predicted molar refractivity (Wildman–Crippen MR) is 109 cm³/mol. The average Bonchev–Trinajstić information content (AvgIpc) is 3.27. The molecule has 0 amide bonds. The van der Waals surface area contributed by atoms with Gasteiger partial charge in [-0.2, -0.15) is 0 Å². The van der Waals surface area contributed by atoms with Crippen LogP contribution < -0.4 is 4.90 Å². The molecule has 0 atom stereocenters.